The molecule has 0 saturated carbocycles. The van der Waals surface area contributed by atoms with Crippen molar-refractivity contribution in [3.63, 3.8) is 0 Å². The predicted octanol–water partition coefficient (Wildman–Crippen LogP) is 4.17. The van der Waals surface area contributed by atoms with E-state index in [1.165, 1.54) is 22.8 Å². The minimum absolute atomic E-state index is 0.0261. The Bertz CT molecular complexity index is 1110. The monoisotopic (exact) mass is 406 g/mol. The average Bonchev–Trinajstić information content (AvgIpc) is 3.04. The van der Waals surface area contributed by atoms with E-state index in [2.05, 4.69) is 11.0 Å². The van der Waals surface area contributed by atoms with Crippen LogP contribution >= 0.6 is 34.3 Å². The molecule has 1 aromatic carbocycles. The lowest BCUT2D eigenvalue weighted by Gasteiger charge is -2.02. The molecule has 4 nitrogen and oxygen atoms in total. The van der Waals surface area contributed by atoms with Crippen molar-refractivity contribution in [1.29, 1.82) is 0 Å². The van der Waals surface area contributed by atoms with Gasteiger partial charge in [0.1, 0.15) is 10.0 Å². The van der Waals surface area contributed by atoms with Crippen LogP contribution in [0.5, 0.6) is 0 Å². The van der Waals surface area contributed by atoms with Crippen molar-refractivity contribution in [2.45, 2.75) is 10.8 Å². The lowest BCUT2D eigenvalue weighted by atomic mass is 10.3. The van der Waals surface area contributed by atoms with Gasteiger partial charge in [-0.25, -0.2) is 8.78 Å². The van der Waals surface area contributed by atoms with E-state index in [0.29, 0.717) is 4.34 Å². The van der Waals surface area contributed by atoms with Gasteiger partial charge in [-0.2, -0.15) is 8.42 Å². The predicted molar refractivity (Wildman–Crippen MR) is 92.0 cm³/mol. The summed E-state index contributed by atoms with van der Waals surface area (Å²) in [6.07, 6.45) is 1.47. The molecule has 0 spiro atoms. The van der Waals surface area contributed by atoms with Crippen LogP contribution in [0.1, 0.15) is 0 Å². The standard InChI is InChI=1S/C14H9ClF2N2O2S3/c1-2-5-19-13-9(17)6-8(16)7-10(13)22-14(19)18-24(20,21)12-4-3-11(15)23-12/h2-4,6-7H,1,5H2/b18-14-. The maximum atomic E-state index is 14.1. The third kappa shape index (κ3) is 3.16. The lowest BCUT2D eigenvalue weighted by Crippen LogP contribution is -2.16. The van der Waals surface area contributed by atoms with Gasteiger partial charge in [-0.05, 0) is 18.2 Å². The molecule has 0 fully saturated rings. The second kappa shape index (κ2) is 6.40. The molecule has 2 heterocycles. The molecule has 0 radical (unpaired) electrons. The van der Waals surface area contributed by atoms with Gasteiger partial charge in [0.2, 0.25) is 4.80 Å². The molecule has 3 rings (SSSR count). The number of rotatable bonds is 4. The maximum Gasteiger partial charge on any atom is 0.294 e. The van der Waals surface area contributed by atoms with E-state index in [1.54, 1.807) is 0 Å². The molecule has 0 atom stereocenters. The molecule has 0 N–H and O–H groups in total. The minimum atomic E-state index is -4.01. The molecular weight excluding hydrogens is 398 g/mol. The largest absolute Gasteiger partial charge is 0.309 e. The number of hydrogen-bond acceptors (Lipinski definition) is 4. The first-order chi connectivity index (χ1) is 11.3. The first kappa shape index (κ1) is 17.3. The van der Waals surface area contributed by atoms with Crippen LogP contribution in [0.4, 0.5) is 8.78 Å². The average molecular weight is 407 g/mol. The molecule has 0 aliphatic heterocycles. The molecule has 0 amide bonds. The number of fused-ring (bicyclic) bond motifs is 1. The van der Waals surface area contributed by atoms with E-state index in [0.717, 1.165) is 34.8 Å². The van der Waals surface area contributed by atoms with Gasteiger partial charge in [0.15, 0.2) is 5.82 Å². The molecule has 0 unspecified atom stereocenters. The quantitative estimate of drug-likeness (QED) is 0.610. The van der Waals surface area contributed by atoms with E-state index in [1.807, 2.05) is 0 Å². The Hall–Kier alpha value is -1.55. The lowest BCUT2D eigenvalue weighted by molar-refractivity contribution is 0.585. The second-order valence-corrected chi connectivity index (χ2v) is 9.20. The van der Waals surface area contributed by atoms with Crippen molar-refractivity contribution in [3.8, 4) is 0 Å². The van der Waals surface area contributed by atoms with Gasteiger partial charge in [-0.1, -0.05) is 29.0 Å². The van der Waals surface area contributed by atoms with Gasteiger partial charge in [0.05, 0.1) is 14.6 Å². The second-order valence-electron chi connectivity index (χ2n) is 4.64. The number of thiophene rings is 1. The smallest absolute Gasteiger partial charge is 0.294 e. The number of benzene rings is 1. The van der Waals surface area contributed by atoms with Gasteiger partial charge in [0.25, 0.3) is 10.0 Å². The third-order valence-electron chi connectivity index (χ3n) is 3.01. The summed E-state index contributed by atoms with van der Waals surface area (Å²) in [4.78, 5) is 0.0268. The summed E-state index contributed by atoms with van der Waals surface area (Å²) in [7, 11) is -4.01. The van der Waals surface area contributed by atoms with Crippen LogP contribution in [-0.2, 0) is 16.6 Å². The molecule has 2 aromatic heterocycles. The van der Waals surface area contributed by atoms with Crippen molar-refractivity contribution >= 4 is 54.5 Å². The molecule has 3 aromatic rings. The molecule has 0 aliphatic rings. The molecule has 10 heteroatoms. The van der Waals surface area contributed by atoms with Gasteiger partial charge in [-0.3, -0.25) is 0 Å². The fraction of sp³-hybridized carbons (Fsp3) is 0.0714. The maximum absolute atomic E-state index is 14.1. The number of nitrogens with zero attached hydrogens (tertiary/aromatic N) is 2. The molecule has 0 bridgehead atoms. The number of allylic oxidation sites excluding steroid dienone is 1. The summed E-state index contributed by atoms with van der Waals surface area (Å²) >= 11 is 7.51. The summed E-state index contributed by atoms with van der Waals surface area (Å²) < 4.78 is 57.9. The van der Waals surface area contributed by atoms with Crippen molar-refractivity contribution in [3.05, 3.63) is 57.7 Å². The highest BCUT2D eigenvalue weighted by Gasteiger charge is 2.18. The molecule has 126 valence electrons. The number of aromatic nitrogens is 1. The summed E-state index contributed by atoms with van der Waals surface area (Å²) in [5, 5.41) is 0. The van der Waals surface area contributed by atoms with Crippen LogP contribution in [0.3, 0.4) is 0 Å². The van der Waals surface area contributed by atoms with Crippen LogP contribution < -0.4 is 4.80 Å². The fourth-order valence-corrected chi connectivity index (χ4v) is 5.82. The van der Waals surface area contributed by atoms with E-state index >= 15 is 0 Å². The zero-order valence-corrected chi connectivity index (χ0v) is 15.1. The highest BCUT2D eigenvalue weighted by Crippen LogP contribution is 2.27. The first-order valence-electron chi connectivity index (χ1n) is 6.47. The third-order valence-corrected chi connectivity index (χ3v) is 7.11. The normalized spacial score (nSPS) is 12.9. The van der Waals surface area contributed by atoms with Crippen molar-refractivity contribution < 1.29 is 17.2 Å². The van der Waals surface area contributed by atoms with Gasteiger partial charge < -0.3 is 4.57 Å². The Balaban J connectivity index is 2.31. The summed E-state index contributed by atoms with van der Waals surface area (Å²) in [6, 6.07) is 4.67. The van der Waals surface area contributed by atoms with Crippen LogP contribution in [-0.4, -0.2) is 13.0 Å². The van der Waals surface area contributed by atoms with Gasteiger partial charge in [0, 0.05) is 12.6 Å². The van der Waals surface area contributed by atoms with Crippen LogP contribution in [0.15, 0.2) is 45.5 Å². The van der Waals surface area contributed by atoms with Crippen molar-refractivity contribution in [2.24, 2.45) is 4.40 Å². The van der Waals surface area contributed by atoms with Crippen molar-refractivity contribution in [2.75, 3.05) is 0 Å². The van der Waals surface area contributed by atoms with Crippen LogP contribution in [0.2, 0.25) is 4.34 Å². The zero-order valence-electron chi connectivity index (χ0n) is 11.9. The number of sulfonamides is 1. The summed E-state index contributed by atoms with van der Waals surface area (Å²) in [5.41, 5.74) is 0.0828. The Morgan fingerprint density at radius 2 is 2.04 bits per heavy atom. The molecule has 0 saturated heterocycles. The highest BCUT2D eigenvalue weighted by molar-refractivity contribution is 7.92. The minimum Gasteiger partial charge on any atom is -0.309 e. The number of halogens is 3. The van der Waals surface area contributed by atoms with Crippen LogP contribution in [0.25, 0.3) is 10.2 Å². The van der Waals surface area contributed by atoms with E-state index in [9.17, 15) is 17.2 Å². The molecule has 24 heavy (non-hydrogen) atoms. The van der Waals surface area contributed by atoms with E-state index in [-0.39, 0.29) is 25.8 Å². The summed E-state index contributed by atoms with van der Waals surface area (Å²) in [5.74, 6) is -1.53. The fourth-order valence-electron chi connectivity index (χ4n) is 2.08. The first-order valence-corrected chi connectivity index (χ1v) is 9.92. The van der Waals surface area contributed by atoms with Crippen molar-refractivity contribution in [1.82, 2.24) is 4.57 Å². The molecule has 0 aliphatic carbocycles. The van der Waals surface area contributed by atoms with Crippen LogP contribution in [0, 0.1) is 11.6 Å². The highest BCUT2D eigenvalue weighted by atomic mass is 35.5. The Morgan fingerprint density at radius 3 is 2.67 bits per heavy atom. The van der Waals surface area contributed by atoms with E-state index < -0.39 is 21.7 Å². The SMILES string of the molecule is C=CCn1/c(=N/S(=O)(=O)c2ccc(Cl)s2)sc2cc(F)cc(F)c21. The van der Waals surface area contributed by atoms with E-state index in [4.69, 9.17) is 11.6 Å². The molecular formula is C14H9ClF2N2O2S3. The van der Waals surface area contributed by atoms with Gasteiger partial charge in [-0.15, -0.1) is 22.3 Å². The summed E-state index contributed by atoms with van der Waals surface area (Å²) in [6.45, 7) is 3.70. The number of hydrogen-bond donors (Lipinski definition) is 0. The Kier molecular flexibility index (Phi) is 4.60. The number of thiazole rings is 1. The van der Waals surface area contributed by atoms with Gasteiger partial charge >= 0.3 is 0 Å². The topological polar surface area (TPSA) is 51.4 Å². The zero-order chi connectivity index (χ0) is 17.5. The Morgan fingerprint density at radius 1 is 1.29 bits per heavy atom. The Labute approximate surface area is 149 Å².